The molecule has 0 saturated heterocycles. The van der Waals surface area contributed by atoms with Crippen molar-refractivity contribution in [3.05, 3.63) is 34.8 Å². The monoisotopic (exact) mass is 344 g/mol. The van der Waals surface area contributed by atoms with Gasteiger partial charge in [-0.2, -0.15) is 5.10 Å². The molecule has 0 radical (unpaired) electrons. The lowest BCUT2D eigenvalue weighted by atomic mass is 10.1. The third kappa shape index (κ3) is 3.05. The van der Waals surface area contributed by atoms with Crippen LogP contribution in [0.5, 0.6) is 0 Å². The first-order valence-corrected chi connectivity index (χ1v) is 8.69. The predicted molar refractivity (Wildman–Crippen MR) is 95.2 cm³/mol. The van der Waals surface area contributed by atoms with Crippen molar-refractivity contribution in [2.45, 2.75) is 26.3 Å². The molecule has 3 rings (SSSR count). The summed E-state index contributed by atoms with van der Waals surface area (Å²) in [5.74, 6) is -0.169. The van der Waals surface area contributed by atoms with Gasteiger partial charge in [0, 0.05) is 19.7 Å². The molecule has 7 heteroatoms. The van der Waals surface area contributed by atoms with Crippen LogP contribution in [-0.4, -0.2) is 38.4 Å². The third-order valence-electron chi connectivity index (χ3n) is 3.93. The Hall–Kier alpha value is -2.25. The topological polar surface area (TPSA) is 80.0 Å². The van der Waals surface area contributed by atoms with Crippen molar-refractivity contribution in [3.63, 3.8) is 0 Å². The maximum absolute atomic E-state index is 12.8. The average Bonchev–Trinajstić information content (AvgIpc) is 3.16. The molecule has 3 aromatic heterocycles. The van der Waals surface area contributed by atoms with Gasteiger partial charge in [-0.25, -0.2) is 4.98 Å². The van der Waals surface area contributed by atoms with E-state index in [2.05, 4.69) is 15.4 Å². The first-order chi connectivity index (χ1) is 11.5. The van der Waals surface area contributed by atoms with Gasteiger partial charge < -0.3 is 10.4 Å². The summed E-state index contributed by atoms with van der Waals surface area (Å²) in [6, 6.07) is 5.67. The molecular weight excluding hydrogens is 324 g/mol. The number of nitrogens with one attached hydrogen (secondary N) is 1. The number of amides is 1. The van der Waals surface area contributed by atoms with E-state index in [4.69, 9.17) is 5.11 Å². The van der Waals surface area contributed by atoms with Crippen LogP contribution in [0.25, 0.3) is 21.6 Å². The summed E-state index contributed by atoms with van der Waals surface area (Å²) >= 11 is 1.58. The van der Waals surface area contributed by atoms with E-state index in [0.29, 0.717) is 17.6 Å². The number of aliphatic hydroxyl groups excluding tert-OH is 1. The Bertz CT molecular complexity index is 870. The number of carbonyl (C=O) groups is 1. The zero-order valence-electron chi connectivity index (χ0n) is 13.9. The van der Waals surface area contributed by atoms with E-state index in [1.165, 1.54) is 0 Å². The molecule has 0 aliphatic rings. The Balaban J connectivity index is 2.12. The number of nitrogens with zero attached hydrogens (tertiary/aromatic N) is 3. The SMILES string of the molecule is Cc1nn(C)c2nc(-c3cccs3)cc(C(=O)NC(C)CCO)c12. The zero-order chi connectivity index (χ0) is 17.3. The number of hydrogen-bond donors (Lipinski definition) is 2. The van der Waals surface area contributed by atoms with Gasteiger partial charge in [0.1, 0.15) is 0 Å². The number of aryl methyl sites for hydroxylation is 2. The Kier molecular flexibility index (Phi) is 4.64. The van der Waals surface area contributed by atoms with Crippen molar-refractivity contribution in [1.82, 2.24) is 20.1 Å². The van der Waals surface area contributed by atoms with Crippen LogP contribution in [0.15, 0.2) is 23.6 Å². The number of rotatable bonds is 5. The summed E-state index contributed by atoms with van der Waals surface area (Å²) < 4.78 is 1.70. The second kappa shape index (κ2) is 6.70. The molecule has 0 aliphatic heterocycles. The first kappa shape index (κ1) is 16.6. The van der Waals surface area contributed by atoms with Crippen LogP contribution in [0, 0.1) is 6.92 Å². The lowest BCUT2D eigenvalue weighted by Crippen LogP contribution is -2.33. The minimum atomic E-state index is -0.169. The van der Waals surface area contributed by atoms with Crippen LogP contribution in [0.3, 0.4) is 0 Å². The van der Waals surface area contributed by atoms with E-state index in [-0.39, 0.29) is 18.6 Å². The molecule has 1 unspecified atom stereocenters. The maximum Gasteiger partial charge on any atom is 0.252 e. The quantitative estimate of drug-likeness (QED) is 0.745. The molecule has 0 bridgehead atoms. The van der Waals surface area contributed by atoms with Crippen LogP contribution < -0.4 is 5.32 Å². The van der Waals surface area contributed by atoms with Gasteiger partial charge in [-0.05, 0) is 37.8 Å². The fourth-order valence-electron chi connectivity index (χ4n) is 2.74. The van der Waals surface area contributed by atoms with Crippen molar-refractivity contribution in [3.8, 4) is 10.6 Å². The fourth-order valence-corrected chi connectivity index (χ4v) is 3.43. The Labute approximate surface area is 144 Å². The number of fused-ring (bicyclic) bond motifs is 1. The van der Waals surface area contributed by atoms with Crippen molar-refractivity contribution >= 4 is 28.3 Å². The van der Waals surface area contributed by atoms with Gasteiger partial charge in [-0.3, -0.25) is 9.48 Å². The van der Waals surface area contributed by atoms with Gasteiger partial charge in [0.15, 0.2) is 5.65 Å². The van der Waals surface area contributed by atoms with Gasteiger partial charge in [0.05, 0.1) is 27.2 Å². The zero-order valence-corrected chi connectivity index (χ0v) is 14.7. The lowest BCUT2D eigenvalue weighted by Gasteiger charge is -2.13. The number of thiophene rings is 1. The molecule has 1 atom stereocenters. The van der Waals surface area contributed by atoms with E-state index < -0.39 is 0 Å². The third-order valence-corrected chi connectivity index (χ3v) is 4.82. The van der Waals surface area contributed by atoms with Crippen molar-refractivity contribution in [2.75, 3.05) is 6.61 Å². The van der Waals surface area contributed by atoms with Gasteiger partial charge in [-0.1, -0.05) is 6.07 Å². The number of aromatic nitrogens is 3. The average molecular weight is 344 g/mol. The summed E-state index contributed by atoms with van der Waals surface area (Å²) in [5, 5.41) is 19.1. The highest BCUT2D eigenvalue weighted by Crippen LogP contribution is 2.29. The van der Waals surface area contributed by atoms with Gasteiger partial charge in [0.2, 0.25) is 0 Å². The van der Waals surface area contributed by atoms with Gasteiger partial charge in [0.25, 0.3) is 5.91 Å². The van der Waals surface area contributed by atoms with E-state index in [9.17, 15) is 4.79 Å². The number of aliphatic hydroxyl groups is 1. The van der Waals surface area contributed by atoms with Crippen LogP contribution in [-0.2, 0) is 7.05 Å². The van der Waals surface area contributed by atoms with E-state index in [1.807, 2.05) is 44.5 Å². The Morgan fingerprint density at radius 2 is 2.29 bits per heavy atom. The van der Waals surface area contributed by atoms with Crippen molar-refractivity contribution < 1.29 is 9.90 Å². The molecule has 24 heavy (non-hydrogen) atoms. The van der Waals surface area contributed by atoms with E-state index >= 15 is 0 Å². The molecule has 0 fully saturated rings. The highest BCUT2D eigenvalue weighted by Gasteiger charge is 2.20. The summed E-state index contributed by atoms with van der Waals surface area (Å²) in [6.45, 7) is 3.80. The van der Waals surface area contributed by atoms with Crippen molar-refractivity contribution in [2.24, 2.45) is 7.05 Å². The molecular formula is C17H20N4O2S. The molecule has 3 heterocycles. The van der Waals surface area contributed by atoms with E-state index in [1.54, 1.807) is 16.0 Å². The van der Waals surface area contributed by atoms with Crippen LogP contribution in [0.2, 0.25) is 0 Å². The number of pyridine rings is 1. The number of carbonyl (C=O) groups excluding carboxylic acids is 1. The minimum Gasteiger partial charge on any atom is -0.396 e. The maximum atomic E-state index is 12.8. The number of hydrogen-bond acceptors (Lipinski definition) is 5. The summed E-state index contributed by atoms with van der Waals surface area (Å²) in [7, 11) is 1.83. The molecule has 0 saturated carbocycles. The van der Waals surface area contributed by atoms with Gasteiger partial charge >= 0.3 is 0 Å². The summed E-state index contributed by atoms with van der Waals surface area (Å²) in [5.41, 5.74) is 2.80. The second-order valence-corrected chi connectivity index (χ2v) is 6.77. The molecule has 0 spiro atoms. The van der Waals surface area contributed by atoms with Crippen molar-refractivity contribution in [1.29, 1.82) is 0 Å². The first-order valence-electron chi connectivity index (χ1n) is 7.81. The Morgan fingerprint density at radius 1 is 1.50 bits per heavy atom. The largest absolute Gasteiger partial charge is 0.396 e. The summed E-state index contributed by atoms with van der Waals surface area (Å²) in [6.07, 6.45) is 0.518. The lowest BCUT2D eigenvalue weighted by molar-refractivity contribution is 0.0936. The normalized spacial score (nSPS) is 12.5. The van der Waals surface area contributed by atoms with Crippen LogP contribution in [0.1, 0.15) is 29.4 Å². The Morgan fingerprint density at radius 3 is 2.96 bits per heavy atom. The summed E-state index contributed by atoms with van der Waals surface area (Å²) in [4.78, 5) is 18.5. The highest BCUT2D eigenvalue weighted by atomic mass is 32.1. The molecule has 1 amide bonds. The molecule has 126 valence electrons. The van der Waals surface area contributed by atoms with Crippen LogP contribution in [0.4, 0.5) is 0 Å². The molecule has 3 aromatic rings. The molecule has 0 aromatic carbocycles. The van der Waals surface area contributed by atoms with Crippen LogP contribution >= 0.6 is 11.3 Å². The second-order valence-electron chi connectivity index (χ2n) is 5.83. The smallest absolute Gasteiger partial charge is 0.252 e. The standard InChI is InChI=1S/C17H20N4O2S/c1-10(6-7-22)18-17(23)12-9-13(14-5-4-8-24-14)19-16-15(12)11(2)20-21(16)3/h4-5,8-10,22H,6-7H2,1-3H3,(H,18,23). The van der Waals surface area contributed by atoms with E-state index in [0.717, 1.165) is 21.7 Å². The highest BCUT2D eigenvalue weighted by molar-refractivity contribution is 7.13. The molecule has 6 nitrogen and oxygen atoms in total. The molecule has 2 N–H and O–H groups in total. The van der Waals surface area contributed by atoms with Gasteiger partial charge in [-0.15, -0.1) is 11.3 Å². The fraction of sp³-hybridized carbons (Fsp3) is 0.353. The minimum absolute atomic E-state index is 0.0412. The predicted octanol–water partition coefficient (Wildman–Crippen LogP) is 2.51. The molecule has 0 aliphatic carbocycles.